The topological polar surface area (TPSA) is 63.6 Å². The fraction of sp³-hybridized carbons (Fsp3) is 0.423. The largest absolute Gasteiger partial charge is 0.486 e. The van der Waals surface area contributed by atoms with E-state index in [1.165, 1.54) is 12.5 Å². The molecule has 1 saturated carbocycles. The second-order valence-electron chi connectivity index (χ2n) is 9.20. The Bertz CT molecular complexity index is 1210. The smallest absolute Gasteiger partial charge is 0.178 e. The first-order valence-corrected chi connectivity index (χ1v) is 12.2. The van der Waals surface area contributed by atoms with Crippen LogP contribution in [0.1, 0.15) is 30.8 Å². The van der Waals surface area contributed by atoms with Gasteiger partial charge in [-0.2, -0.15) is 0 Å². The van der Waals surface area contributed by atoms with Gasteiger partial charge in [0.05, 0.1) is 49.9 Å². The molecule has 3 aromatic rings. The van der Waals surface area contributed by atoms with E-state index in [2.05, 4.69) is 24.8 Å². The van der Waals surface area contributed by atoms with Gasteiger partial charge in [0.1, 0.15) is 18.1 Å². The minimum Gasteiger partial charge on any atom is -0.486 e. The van der Waals surface area contributed by atoms with E-state index < -0.39 is 11.6 Å². The molecule has 1 aliphatic carbocycles. The van der Waals surface area contributed by atoms with Crippen molar-refractivity contribution < 1.29 is 18.3 Å². The maximum atomic E-state index is 15.0. The van der Waals surface area contributed by atoms with E-state index in [9.17, 15) is 4.39 Å². The van der Waals surface area contributed by atoms with Crippen molar-refractivity contribution in [1.82, 2.24) is 15.0 Å². The summed E-state index contributed by atoms with van der Waals surface area (Å²) in [6.45, 7) is 4.24. The highest BCUT2D eigenvalue weighted by Crippen LogP contribution is 2.42. The van der Waals surface area contributed by atoms with Crippen molar-refractivity contribution in [3.05, 3.63) is 59.8 Å². The van der Waals surface area contributed by atoms with Crippen LogP contribution in [0.2, 0.25) is 0 Å². The van der Waals surface area contributed by atoms with Crippen LogP contribution >= 0.6 is 0 Å². The molecule has 0 N–H and O–H groups in total. The van der Waals surface area contributed by atoms with Crippen molar-refractivity contribution in [2.45, 2.75) is 31.7 Å². The summed E-state index contributed by atoms with van der Waals surface area (Å²) >= 11 is 0. The maximum absolute atomic E-state index is 15.0. The van der Waals surface area contributed by atoms with Crippen molar-refractivity contribution in [3.63, 3.8) is 0 Å². The fourth-order valence-electron chi connectivity index (χ4n) is 4.90. The van der Waals surface area contributed by atoms with Crippen LogP contribution in [0.15, 0.2) is 36.7 Å². The molecule has 3 aliphatic rings. The highest BCUT2D eigenvalue weighted by molar-refractivity contribution is 5.72. The Morgan fingerprint density at radius 3 is 2.54 bits per heavy atom. The quantitative estimate of drug-likeness (QED) is 0.548. The van der Waals surface area contributed by atoms with Crippen LogP contribution in [0.4, 0.5) is 20.2 Å². The predicted octanol–water partition coefficient (Wildman–Crippen LogP) is 4.00. The molecule has 0 atom stereocenters. The Kier molecular flexibility index (Phi) is 5.93. The Balaban J connectivity index is 1.26. The van der Waals surface area contributed by atoms with Crippen LogP contribution in [0, 0.1) is 11.6 Å². The summed E-state index contributed by atoms with van der Waals surface area (Å²) in [4.78, 5) is 17.6. The zero-order chi connectivity index (χ0) is 23.8. The zero-order valence-electron chi connectivity index (χ0n) is 19.4. The van der Waals surface area contributed by atoms with Gasteiger partial charge in [0.15, 0.2) is 17.4 Å². The number of ether oxygens (including phenoxy) is 2. The van der Waals surface area contributed by atoms with E-state index >= 15 is 4.39 Å². The summed E-state index contributed by atoms with van der Waals surface area (Å²) in [5, 5.41) is 0. The minimum absolute atomic E-state index is 0.0840. The molecule has 2 fully saturated rings. The molecule has 1 saturated heterocycles. The lowest BCUT2D eigenvalue weighted by molar-refractivity contribution is 0.122. The molecule has 0 radical (unpaired) electrons. The van der Waals surface area contributed by atoms with Gasteiger partial charge < -0.3 is 19.3 Å². The third-order valence-corrected chi connectivity index (χ3v) is 7.02. The van der Waals surface area contributed by atoms with Gasteiger partial charge in [-0.05, 0) is 43.5 Å². The van der Waals surface area contributed by atoms with E-state index in [0.29, 0.717) is 55.9 Å². The molecule has 0 amide bonds. The zero-order valence-corrected chi connectivity index (χ0v) is 19.4. The van der Waals surface area contributed by atoms with Crippen LogP contribution in [0.25, 0.3) is 11.3 Å². The SMILES string of the molecule is Fc1cnc(Cc2ccc(N3CCOCC3)cn2)nc1-c1cc(F)c2c(c1)N(C1CCC1)CCO2. The summed E-state index contributed by atoms with van der Waals surface area (Å²) in [6, 6.07) is 7.42. The van der Waals surface area contributed by atoms with Gasteiger partial charge in [-0.3, -0.25) is 4.98 Å². The van der Waals surface area contributed by atoms with E-state index in [0.717, 1.165) is 43.5 Å². The average Bonchev–Trinajstić information content (AvgIpc) is 2.85. The van der Waals surface area contributed by atoms with Gasteiger partial charge in [-0.1, -0.05) is 0 Å². The number of anilines is 2. The third kappa shape index (κ3) is 4.40. The maximum Gasteiger partial charge on any atom is 0.178 e. The fourth-order valence-corrected chi connectivity index (χ4v) is 4.90. The molecule has 7 nitrogen and oxygen atoms in total. The number of fused-ring (bicyclic) bond motifs is 1. The number of halogens is 2. The second kappa shape index (κ2) is 9.37. The minimum atomic E-state index is -0.587. The van der Waals surface area contributed by atoms with E-state index in [1.54, 1.807) is 6.07 Å². The molecule has 0 spiro atoms. The monoisotopic (exact) mass is 479 g/mol. The number of benzene rings is 1. The normalized spacial score (nSPS) is 18.1. The lowest BCUT2D eigenvalue weighted by Crippen LogP contribution is -2.44. The Hall–Kier alpha value is -3.33. The Morgan fingerprint density at radius 1 is 0.943 bits per heavy atom. The highest BCUT2D eigenvalue weighted by Gasteiger charge is 2.31. The average molecular weight is 480 g/mol. The lowest BCUT2D eigenvalue weighted by Gasteiger charge is -2.42. The molecule has 1 aromatic carbocycles. The number of pyridine rings is 1. The van der Waals surface area contributed by atoms with Gasteiger partial charge in [-0.25, -0.2) is 18.7 Å². The standard InChI is InChI=1S/C26H27F2N5O2/c27-21-12-17(13-23-26(21)35-11-8-33(23)19-2-1-3-19)25-22(28)16-30-24(31-25)14-18-4-5-20(15-29-18)32-6-9-34-10-7-32/h4-5,12-13,15-16,19H,1-3,6-11,14H2. The van der Waals surface area contributed by atoms with E-state index in [1.807, 2.05) is 18.3 Å². The van der Waals surface area contributed by atoms with Crippen LogP contribution in [-0.2, 0) is 11.2 Å². The molecular weight excluding hydrogens is 452 g/mol. The van der Waals surface area contributed by atoms with Crippen LogP contribution in [0.5, 0.6) is 5.75 Å². The number of rotatable bonds is 5. The molecule has 6 rings (SSSR count). The highest BCUT2D eigenvalue weighted by atomic mass is 19.1. The molecule has 2 aromatic heterocycles. The molecule has 9 heteroatoms. The van der Waals surface area contributed by atoms with Crippen LogP contribution in [-0.4, -0.2) is 60.4 Å². The van der Waals surface area contributed by atoms with Gasteiger partial charge in [0, 0.05) is 30.4 Å². The molecule has 182 valence electrons. The number of morpholine rings is 1. The first kappa shape index (κ1) is 22.2. The van der Waals surface area contributed by atoms with Gasteiger partial charge in [0.25, 0.3) is 0 Å². The summed E-state index contributed by atoms with van der Waals surface area (Å²) in [5.74, 6) is -0.415. The summed E-state index contributed by atoms with van der Waals surface area (Å²) in [5.41, 5.74) is 2.96. The van der Waals surface area contributed by atoms with Crippen molar-refractivity contribution in [2.75, 3.05) is 49.3 Å². The van der Waals surface area contributed by atoms with E-state index in [-0.39, 0.29) is 11.4 Å². The Morgan fingerprint density at radius 2 is 1.80 bits per heavy atom. The summed E-state index contributed by atoms with van der Waals surface area (Å²) in [7, 11) is 0. The number of aromatic nitrogens is 3. The third-order valence-electron chi connectivity index (χ3n) is 7.02. The molecular formula is C26H27F2N5O2. The second-order valence-corrected chi connectivity index (χ2v) is 9.20. The first-order chi connectivity index (χ1) is 17.2. The molecule has 0 unspecified atom stereocenters. The van der Waals surface area contributed by atoms with Crippen molar-refractivity contribution >= 4 is 11.4 Å². The van der Waals surface area contributed by atoms with Crippen molar-refractivity contribution in [2.24, 2.45) is 0 Å². The number of hydrogen-bond donors (Lipinski definition) is 0. The van der Waals surface area contributed by atoms with Crippen molar-refractivity contribution in [1.29, 1.82) is 0 Å². The van der Waals surface area contributed by atoms with Crippen LogP contribution < -0.4 is 14.5 Å². The van der Waals surface area contributed by atoms with Gasteiger partial charge in [-0.15, -0.1) is 0 Å². The number of nitrogens with zero attached hydrogens (tertiary/aromatic N) is 5. The van der Waals surface area contributed by atoms with Gasteiger partial charge in [0.2, 0.25) is 0 Å². The first-order valence-electron chi connectivity index (χ1n) is 12.2. The lowest BCUT2D eigenvalue weighted by atomic mass is 9.90. The number of hydrogen-bond acceptors (Lipinski definition) is 7. The van der Waals surface area contributed by atoms with Crippen LogP contribution in [0.3, 0.4) is 0 Å². The Labute approximate surface area is 202 Å². The van der Waals surface area contributed by atoms with E-state index in [4.69, 9.17) is 9.47 Å². The van der Waals surface area contributed by atoms with Gasteiger partial charge >= 0.3 is 0 Å². The summed E-state index contributed by atoms with van der Waals surface area (Å²) < 4.78 is 40.9. The molecule has 2 aliphatic heterocycles. The van der Waals surface area contributed by atoms with Crippen molar-refractivity contribution in [3.8, 4) is 17.0 Å². The summed E-state index contributed by atoms with van der Waals surface area (Å²) in [6.07, 6.45) is 6.66. The molecule has 35 heavy (non-hydrogen) atoms. The molecule has 0 bridgehead atoms. The molecule has 4 heterocycles. The predicted molar refractivity (Wildman–Crippen MR) is 128 cm³/mol.